The van der Waals surface area contributed by atoms with Crippen molar-refractivity contribution < 1.29 is 9.47 Å². The lowest BCUT2D eigenvalue weighted by molar-refractivity contribution is 0.294. The van der Waals surface area contributed by atoms with E-state index in [2.05, 4.69) is 20.2 Å². The van der Waals surface area contributed by atoms with Crippen molar-refractivity contribution in [1.29, 1.82) is 0 Å². The van der Waals surface area contributed by atoms with Gasteiger partial charge in [-0.2, -0.15) is 5.10 Å². The van der Waals surface area contributed by atoms with Crippen LogP contribution in [0.4, 0.5) is 0 Å². The number of hydrogen-bond donors (Lipinski definition) is 2. The van der Waals surface area contributed by atoms with Crippen LogP contribution in [0.2, 0.25) is 0 Å². The summed E-state index contributed by atoms with van der Waals surface area (Å²) in [6.07, 6.45) is 1.76. The molecule has 2 N–H and O–H groups in total. The number of H-pyrrole nitrogens is 2. The van der Waals surface area contributed by atoms with E-state index in [1.807, 2.05) is 37.3 Å². The van der Waals surface area contributed by atoms with Gasteiger partial charge in [-0.1, -0.05) is 12.1 Å². The molecule has 0 unspecified atom stereocenters. The highest BCUT2D eigenvalue weighted by Crippen LogP contribution is 2.24. The molecule has 0 saturated heterocycles. The van der Waals surface area contributed by atoms with Crippen LogP contribution in [0.5, 0.6) is 11.5 Å². The molecule has 2 heterocycles. The third-order valence-corrected chi connectivity index (χ3v) is 4.31. The van der Waals surface area contributed by atoms with Gasteiger partial charge in [0.15, 0.2) is 0 Å². The van der Waals surface area contributed by atoms with Crippen molar-refractivity contribution in [3.63, 3.8) is 0 Å². The van der Waals surface area contributed by atoms with Crippen molar-refractivity contribution in [1.82, 2.24) is 20.2 Å². The zero-order valence-corrected chi connectivity index (χ0v) is 14.9. The average Bonchev–Trinajstić information content (AvgIpc) is 3.12. The van der Waals surface area contributed by atoms with Crippen LogP contribution in [0, 0.1) is 6.92 Å². The molecule has 2 aromatic heterocycles. The first-order valence-corrected chi connectivity index (χ1v) is 8.44. The van der Waals surface area contributed by atoms with E-state index in [0.29, 0.717) is 28.2 Å². The number of nitrogens with zero attached hydrogens (tertiary/aromatic N) is 2. The quantitative estimate of drug-likeness (QED) is 0.569. The number of fused-ring (bicyclic) bond motifs is 1. The summed E-state index contributed by atoms with van der Waals surface area (Å²) in [4.78, 5) is 19.7. The Hall–Kier alpha value is -3.61. The van der Waals surface area contributed by atoms with Crippen LogP contribution in [0.15, 0.2) is 53.5 Å². The SMILES string of the molecule is COc1cccc(OCc2nc3cc(-c4cn[nH]c4C)ccc3c(=O)[nH]2)c1. The molecule has 27 heavy (non-hydrogen) atoms. The van der Waals surface area contributed by atoms with E-state index >= 15 is 0 Å². The molecule has 0 aliphatic rings. The molecule has 7 nitrogen and oxygen atoms in total. The van der Waals surface area contributed by atoms with Gasteiger partial charge in [-0.25, -0.2) is 4.98 Å². The average molecular weight is 362 g/mol. The smallest absolute Gasteiger partial charge is 0.258 e. The predicted octanol–water partition coefficient (Wildman–Crippen LogP) is 3.21. The second-order valence-corrected chi connectivity index (χ2v) is 6.12. The topological polar surface area (TPSA) is 92.9 Å². The molecule has 0 bridgehead atoms. The summed E-state index contributed by atoms with van der Waals surface area (Å²) >= 11 is 0. The molecule has 7 heteroatoms. The second-order valence-electron chi connectivity index (χ2n) is 6.12. The summed E-state index contributed by atoms with van der Waals surface area (Å²) < 4.78 is 10.9. The minimum Gasteiger partial charge on any atom is -0.497 e. The molecule has 4 rings (SSSR count). The molecule has 0 aliphatic heterocycles. The first kappa shape index (κ1) is 16.8. The number of aromatic amines is 2. The summed E-state index contributed by atoms with van der Waals surface area (Å²) in [6.45, 7) is 2.10. The molecule has 0 amide bonds. The summed E-state index contributed by atoms with van der Waals surface area (Å²) in [7, 11) is 1.60. The highest BCUT2D eigenvalue weighted by molar-refractivity contribution is 5.83. The minimum atomic E-state index is -0.195. The monoisotopic (exact) mass is 362 g/mol. The predicted molar refractivity (Wildman–Crippen MR) is 102 cm³/mol. The summed E-state index contributed by atoms with van der Waals surface area (Å²) in [5.74, 6) is 1.80. The molecular formula is C20H18N4O3. The third kappa shape index (κ3) is 3.39. The van der Waals surface area contributed by atoms with E-state index in [9.17, 15) is 4.79 Å². The first-order valence-electron chi connectivity index (χ1n) is 8.44. The molecule has 4 aromatic rings. The van der Waals surface area contributed by atoms with Gasteiger partial charge >= 0.3 is 0 Å². The van der Waals surface area contributed by atoms with Gasteiger partial charge in [0.25, 0.3) is 5.56 Å². The van der Waals surface area contributed by atoms with Gasteiger partial charge in [-0.15, -0.1) is 0 Å². The Kier molecular flexibility index (Phi) is 4.33. The molecular weight excluding hydrogens is 344 g/mol. The molecule has 0 saturated carbocycles. The van der Waals surface area contributed by atoms with Gasteiger partial charge in [0.05, 0.1) is 24.2 Å². The highest BCUT2D eigenvalue weighted by atomic mass is 16.5. The van der Waals surface area contributed by atoms with E-state index in [-0.39, 0.29) is 12.2 Å². The maximum absolute atomic E-state index is 12.4. The Morgan fingerprint density at radius 3 is 2.74 bits per heavy atom. The van der Waals surface area contributed by atoms with Crippen molar-refractivity contribution in [3.8, 4) is 22.6 Å². The number of methoxy groups -OCH3 is 1. The molecule has 0 atom stereocenters. The lowest BCUT2D eigenvalue weighted by Crippen LogP contribution is -2.13. The molecule has 0 radical (unpaired) electrons. The fourth-order valence-electron chi connectivity index (χ4n) is 2.91. The standard InChI is InChI=1S/C20H18N4O3/c1-12-17(10-21-24-12)13-6-7-16-18(8-13)22-19(23-20(16)25)11-27-15-5-3-4-14(9-15)26-2/h3-10H,11H2,1-2H3,(H,21,24)(H,22,23,25). The zero-order valence-electron chi connectivity index (χ0n) is 14.9. The van der Waals surface area contributed by atoms with E-state index in [0.717, 1.165) is 16.8 Å². The van der Waals surface area contributed by atoms with Crippen molar-refractivity contribution in [2.24, 2.45) is 0 Å². The van der Waals surface area contributed by atoms with E-state index < -0.39 is 0 Å². The van der Waals surface area contributed by atoms with Crippen molar-refractivity contribution in [3.05, 3.63) is 70.5 Å². The number of benzene rings is 2. The number of rotatable bonds is 5. The Labute approximate surface area is 155 Å². The van der Waals surface area contributed by atoms with Gasteiger partial charge in [0.2, 0.25) is 0 Å². The highest BCUT2D eigenvalue weighted by Gasteiger charge is 2.09. The van der Waals surface area contributed by atoms with Crippen LogP contribution in [-0.4, -0.2) is 27.3 Å². The van der Waals surface area contributed by atoms with E-state index in [4.69, 9.17) is 9.47 Å². The Morgan fingerprint density at radius 1 is 1.11 bits per heavy atom. The minimum absolute atomic E-state index is 0.146. The van der Waals surface area contributed by atoms with Gasteiger partial charge < -0.3 is 14.5 Å². The summed E-state index contributed by atoms with van der Waals surface area (Å²) in [5, 5.41) is 7.50. The number of hydrogen-bond acceptors (Lipinski definition) is 5. The molecule has 2 aromatic carbocycles. The van der Waals surface area contributed by atoms with Gasteiger partial charge in [0, 0.05) is 17.3 Å². The van der Waals surface area contributed by atoms with Crippen LogP contribution >= 0.6 is 0 Å². The van der Waals surface area contributed by atoms with Crippen molar-refractivity contribution >= 4 is 10.9 Å². The normalized spacial score (nSPS) is 10.9. The number of aryl methyl sites for hydroxylation is 1. The molecule has 0 spiro atoms. The van der Waals surface area contributed by atoms with Crippen molar-refractivity contribution in [2.45, 2.75) is 13.5 Å². The molecule has 0 aliphatic carbocycles. The largest absolute Gasteiger partial charge is 0.497 e. The number of aromatic nitrogens is 4. The van der Waals surface area contributed by atoms with Gasteiger partial charge in [0.1, 0.15) is 23.9 Å². The maximum Gasteiger partial charge on any atom is 0.258 e. The van der Waals surface area contributed by atoms with Gasteiger partial charge in [-0.05, 0) is 36.8 Å². The summed E-state index contributed by atoms with van der Waals surface area (Å²) in [6, 6.07) is 12.8. The fourth-order valence-corrected chi connectivity index (χ4v) is 2.91. The zero-order chi connectivity index (χ0) is 18.8. The van der Waals surface area contributed by atoms with E-state index in [1.165, 1.54) is 0 Å². The first-order chi connectivity index (χ1) is 13.1. The lowest BCUT2D eigenvalue weighted by Gasteiger charge is -2.08. The summed E-state index contributed by atoms with van der Waals surface area (Å²) in [5.41, 5.74) is 3.31. The fraction of sp³-hybridized carbons (Fsp3) is 0.150. The van der Waals surface area contributed by atoms with Crippen molar-refractivity contribution in [2.75, 3.05) is 7.11 Å². The van der Waals surface area contributed by atoms with Crippen LogP contribution in [0.3, 0.4) is 0 Å². The molecule has 0 fully saturated rings. The lowest BCUT2D eigenvalue weighted by atomic mass is 10.1. The third-order valence-electron chi connectivity index (χ3n) is 4.31. The Bertz CT molecular complexity index is 1160. The van der Waals surface area contributed by atoms with E-state index in [1.54, 1.807) is 25.4 Å². The van der Waals surface area contributed by atoms with Crippen LogP contribution < -0.4 is 15.0 Å². The van der Waals surface area contributed by atoms with Crippen LogP contribution in [0.25, 0.3) is 22.0 Å². The second kappa shape index (κ2) is 6.95. The Balaban J connectivity index is 1.65. The number of nitrogens with one attached hydrogen (secondary N) is 2. The Morgan fingerprint density at radius 2 is 1.96 bits per heavy atom. The number of ether oxygens (including phenoxy) is 2. The van der Waals surface area contributed by atoms with Crippen LogP contribution in [-0.2, 0) is 6.61 Å². The van der Waals surface area contributed by atoms with Gasteiger partial charge in [-0.3, -0.25) is 9.89 Å². The maximum atomic E-state index is 12.4. The molecule has 136 valence electrons. The van der Waals surface area contributed by atoms with Crippen LogP contribution in [0.1, 0.15) is 11.5 Å².